The molecule has 2 heterocycles. The Morgan fingerprint density at radius 2 is 2.00 bits per heavy atom. The summed E-state index contributed by atoms with van der Waals surface area (Å²) in [5, 5.41) is 20.9. The summed E-state index contributed by atoms with van der Waals surface area (Å²) in [6, 6.07) is 4.06. The number of hydrogen-bond donors (Lipinski definition) is 4. The van der Waals surface area contributed by atoms with Crippen molar-refractivity contribution in [1.29, 1.82) is 0 Å². The van der Waals surface area contributed by atoms with E-state index in [1.807, 2.05) is 0 Å². The number of fused-ring (bicyclic) bond motifs is 1. The number of nitrogens with two attached hydrogens (primary N) is 1. The van der Waals surface area contributed by atoms with E-state index in [0.717, 1.165) is 0 Å². The number of phenols is 1. The van der Waals surface area contributed by atoms with Gasteiger partial charge in [-0.2, -0.15) is 0 Å². The van der Waals surface area contributed by atoms with E-state index in [4.69, 9.17) is 5.73 Å². The lowest BCUT2D eigenvalue weighted by Gasteiger charge is -2.49. The number of nitrogens with zero attached hydrogens (tertiary/aromatic N) is 1. The van der Waals surface area contributed by atoms with Gasteiger partial charge in [-0.05, 0) is 30.2 Å². The summed E-state index contributed by atoms with van der Waals surface area (Å²) >= 11 is 1.39. The zero-order chi connectivity index (χ0) is 19.7. The van der Waals surface area contributed by atoms with Gasteiger partial charge < -0.3 is 26.7 Å². The first-order valence-corrected chi connectivity index (χ1v) is 9.28. The first-order valence-electron chi connectivity index (χ1n) is 8.24. The summed E-state index contributed by atoms with van der Waals surface area (Å²) in [5.74, 6) is -1.71. The maximum absolute atomic E-state index is 12.5. The standard InChI is InChI=1S/C18H19N3O5S.H2O/c1-2-3-10-8-27-17-13(16(24)21(17)14(10)18(25)26)20-15(23)12(19)9-4-6-11(22)7-5-9;/h2-7,12-13,17,22H,8,19H2,1H3,(H,20,23)(H,25,26);1H2/t12?,13-,17-;/m1./s1. The minimum Gasteiger partial charge on any atom is -0.508 e. The van der Waals surface area contributed by atoms with Gasteiger partial charge in [0.15, 0.2) is 0 Å². The highest BCUT2D eigenvalue weighted by atomic mass is 32.2. The molecule has 7 N–H and O–H groups in total. The van der Waals surface area contributed by atoms with Crippen LogP contribution in [-0.2, 0) is 14.4 Å². The van der Waals surface area contributed by atoms with E-state index in [9.17, 15) is 24.6 Å². The highest BCUT2D eigenvalue weighted by Crippen LogP contribution is 2.40. The molecule has 1 unspecified atom stereocenters. The lowest BCUT2D eigenvalue weighted by atomic mass is 10.0. The van der Waals surface area contributed by atoms with Gasteiger partial charge in [0.25, 0.3) is 5.91 Å². The van der Waals surface area contributed by atoms with Crippen molar-refractivity contribution in [3.05, 3.63) is 53.3 Å². The van der Waals surface area contributed by atoms with Crippen molar-refractivity contribution in [2.24, 2.45) is 5.73 Å². The predicted octanol–water partition coefficient (Wildman–Crippen LogP) is -0.118. The maximum atomic E-state index is 12.5. The van der Waals surface area contributed by atoms with Crippen LogP contribution in [0.5, 0.6) is 5.75 Å². The zero-order valence-electron chi connectivity index (χ0n) is 15.0. The molecule has 1 aromatic carbocycles. The molecule has 3 atom stereocenters. The Kier molecular flexibility index (Phi) is 6.49. The SMILES string of the molecule is CC=CC1=C(C(=O)O)N2C(=O)[C@@H](NC(=O)C(N)c3ccc(O)cc3)[C@H]2SC1.O. The quantitative estimate of drug-likeness (QED) is 0.494. The lowest BCUT2D eigenvalue weighted by Crippen LogP contribution is -2.71. The monoisotopic (exact) mass is 407 g/mol. The van der Waals surface area contributed by atoms with Crippen molar-refractivity contribution in [1.82, 2.24) is 10.2 Å². The number of rotatable bonds is 5. The van der Waals surface area contributed by atoms with Gasteiger partial charge in [0, 0.05) is 5.75 Å². The van der Waals surface area contributed by atoms with Gasteiger partial charge in [-0.1, -0.05) is 24.3 Å². The van der Waals surface area contributed by atoms with Gasteiger partial charge >= 0.3 is 5.97 Å². The molecule has 2 aliphatic heterocycles. The fraction of sp³-hybridized carbons (Fsp3) is 0.278. The summed E-state index contributed by atoms with van der Waals surface area (Å²) in [6.07, 6.45) is 3.39. The third-order valence-electron chi connectivity index (χ3n) is 4.40. The number of amides is 2. The van der Waals surface area contributed by atoms with E-state index < -0.39 is 35.2 Å². The molecule has 3 rings (SSSR count). The molecule has 0 aromatic heterocycles. The molecular weight excluding hydrogens is 386 g/mol. The van der Waals surface area contributed by atoms with Crippen LogP contribution in [0.3, 0.4) is 0 Å². The second kappa shape index (κ2) is 8.46. The number of allylic oxidation sites excluding steroid dienone is 2. The number of aliphatic carboxylic acids is 1. The summed E-state index contributed by atoms with van der Waals surface area (Å²) in [6.45, 7) is 1.77. The summed E-state index contributed by atoms with van der Waals surface area (Å²) in [7, 11) is 0. The van der Waals surface area contributed by atoms with Crippen LogP contribution in [0.15, 0.2) is 47.7 Å². The Hall–Kier alpha value is -2.82. The Morgan fingerprint density at radius 3 is 2.57 bits per heavy atom. The van der Waals surface area contributed by atoms with Crippen LogP contribution in [-0.4, -0.2) is 55.5 Å². The molecule has 0 spiro atoms. The molecule has 28 heavy (non-hydrogen) atoms. The minimum atomic E-state index is -1.17. The van der Waals surface area contributed by atoms with Crippen molar-refractivity contribution in [2.45, 2.75) is 24.4 Å². The first-order chi connectivity index (χ1) is 12.8. The fourth-order valence-corrected chi connectivity index (χ4v) is 4.37. The van der Waals surface area contributed by atoms with Crippen molar-refractivity contribution < 1.29 is 30.1 Å². The predicted molar refractivity (Wildman–Crippen MR) is 103 cm³/mol. The van der Waals surface area contributed by atoms with E-state index >= 15 is 0 Å². The Balaban J connectivity index is 0.00000280. The summed E-state index contributed by atoms with van der Waals surface area (Å²) in [4.78, 5) is 37.7. The minimum absolute atomic E-state index is 0. The van der Waals surface area contributed by atoms with Crippen molar-refractivity contribution in [2.75, 3.05) is 5.75 Å². The summed E-state index contributed by atoms with van der Waals surface area (Å²) in [5.41, 5.74) is 6.93. The number of carbonyl (C=O) groups excluding carboxylic acids is 2. The number of thioether (sulfide) groups is 1. The van der Waals surface area contributed by atoms with E-state index in [-0.39, 0.29) is 16.9 Å². The summed E-state index contributed by atoms with van der Waals surface area (Å²) < 4.78 is 0. The number of carboxylic acid groups (broad SMARTS) is 1. The van der Waals surface area contributed by atoms with Gasteiger partial charge in [-0.3, -0.25) is 14.5 Å². The van der Waals surface area contributed by atoms with Gasteiger partial charge in [-0.25, -0.2) is 4.79 Å². The second-order valence-electron chi connectivity index (χ2n) is 6.14. The van der Waals surface area contributed by atoms with Crippen LogP contribution >= 0.6 is 11.8 Å². The van der Waals surface area contributed by atoms with Crippen LogP contribution in [0.2, 0.25) is 0 Å². The van der Waals surface area contributed by atoms with Gasteiger partial charge in [0.1, 0.15) is 28.9 Å². The highest BCUT2D eigenvalue weighted by Gasteiger charge is 2.54. The molecule has 0 radical (unpaired) electrons. The topological polar surface area (TPSA) is 164 Å². The Labute approximate surface area is 165 Å². The normalized spacial score (nSPS) is 22.2. The number of benzene rings is 1. The van der Waals surface area contributed by atoms with Gasteiger partial charge in [-0.15, -0.1) is 11.8 Å². The average Bonchev–Trinajstić information content (AvgIpc) is 2.65. The van der Waals surface area contributed by atoms with E-state index in [0.29, 0.717) is 16.9 Å². The molecule has 1 aromatic rings. The molecule has 1 fully saturated rings. The van der Waals surface area contributed by atoms with Crippen molar-refractivity contribution in [3.8, 4) is 5.75 Å². The lowest BCUT2D eigenvalue weighted by molar-refractivity contribution is -0.150. The van der Waals surface area contributed by atoms with E-state index in [1.165, 1.54) is 40.9 Å². The number of phenolic OH excluding ortho intramolecular Hbond substituents is 1. The van der Waals surface area contributed by atoms with Gasteiger partial charge in [0.05, 0.1) is 0 Å². The molecule has 0 aliphatic carbocycles. The molecule has 0 saturated carbocycles. The van der Waals surface area contributed by atoms with Crippen molar-refractivity contribution in [3.63, 3.8) is 0 Å². The van der Waals surface area contributed by atoms with E-state index in [1.54, 1.807) is 19.1 Å². The molecule has 0 bridgehead atoms. The second-order valence-corrected chi connectivity index (χ2v) is 7.25. The number of aromatic hydroxyl groups is 1. The first kappa shape index (κ1) is 21.5. The molecule has 9 nitrogen and oxygen atoms in total. The van der Waals surface area contributed by atoms with Crippen LogP contribution in [0, 0.1) is 0 Å². The number of nitrogens with one attached hydrogen (secondary N) is 1. The zero-order valence-corrected chi connectivity index (χ0v) is 15.8. The average molecular weight is 407 g/mol. The molecule has 10 heteroatoms. The Morgan fingerprint density at radius 1 is 1.36 bits per heavy atom. The van der Waals surface area contributed by atoms with Gasteiger partial charge in [0.2, 0.25) is 5.91 Å². The highest BCUT2D eigenvalue weighted by molar-refractivity contribution is 8.00. The molecule has 2 aliphatic rings. The molecule has 1 saturated heterocycles. The number of carboxylic acids is 1. The maximum Gasteiger partial charge on any atom is 0.352 e. The molecule has 2 amide bonds. The third kappa shape index (κ3) is 3.75. The largest absolute Gasteiger partial charge is 0.508 e. The number of carbonyl (C=O) groups is 3. The Bertz CT molecular complexity index is 851. The number of β-lactam (4-membered cyclic amide) rings is 1. The third-order valence-corrected chi connectivity index (χ3v) is 5.70. The smallest absolute Gasteiger partial charge is 0.352 e. The van der Waals surface area contributed by atoms with Crippen LogP contribution in [0.4, 0.5) is 0 Å². The number of hydrogen-bond acceptors (Lipinski definition) is 6. The van der Waals surface area contributed by atoms with Crippen molar-refractivity contribution >= 4 is 29.5 Å². The van der Waals surface area contributed by atoms with E-state index in [2.05, 4.69) is 5.32 Å². The van der Waals surface area contributed by atoms with Crippen LogP contribution in [0.1, 0.15) is 18.5 Å². The molecule has 150 valence electrons. The fourth-order valence-electron chi connectivity index (χ4n) is 3.05. The molecular formula is C18H21N3O6S. The van der Waals surface area contributed by atoms with Crippen LogP contribution < -0.4 is 11.1 Å². The van der Waals surface area contributed by atoms with Crippen LogP contribution in [0.25, 0.3) is 0 Å².